The molecular formula is C25H18BrCl2NO3. The van der Waals surface area contributed by atoms with Crippen molar-refractivity contribution in [2.24, 2.45) is 0 Å². The van der Waals surface area contributed by atoms with E-state index in [1.807, 2.05) is 49.4 Å². The Bertz CT molecular complexity index is 1290. The quantitative estimate of drug-likeness (QED) is 0.341. The van der Waals surface area contributed by atoms with Crippen molar-refractivity contribution in [3.63, 3.8) is 0 Å². The van der Waals surface area contributed by atoms with E-state index in [1.165, 1.54) is 0 Å². The van der Waals surface area contributed by atoms with E-state index in [4.69, 9.17) is 32.7 Å². The first kappa shape index (κ1) is 21.5. The molecule has 0 saturated carbocycles. The summed E-state index contributed by atoms with van der Waals surface area (Å²) in [6.07, 6.45) is 1.77. The standard InChI is InChI=1S/C25H18BrCl2NO3/c1-14-8-21-18(12-29(13-31-21)11-16-6-7-17(27)10-20(16)28)25-23(14)24(30)22(32-25)9-15-4-2-3-5-19(15)26/h2-10H,11-13H2,1H3/b22-9-. The molecule has 4 nitrogen and oxygen atoms in total. The van der Waals surface area contributed by atoms with Crippen LogP contribution in [0.1, 0.15) is 32.6 Å². The van der Waals surface area contributed by atoms with Crippen LogP contribution in [0.3, 0.4) is 0 Å². The van der Waals surface area contributed by atoms with Crippen LogP contribution >= 0.6 is 39.1 Å². The van der Waals surface area contributed by atoms with E-state index in [1.54, 1.807) is 12.1 Å². The van der Waals surface area contributed by atoms with Gasteiger partial charge < -0.3 is 9.47 Å². The van der Waals surface area contributed by atoms with Crippen molar-refractivity contribution < 1.29 is 14.3 Å². The molecule has 0 spiro atoms. The molecule has 7 heteroatoms. The number of Topliss-reactive ketones (excluding diaryl/α,β-unsaturated/α-hetero) is 1. The van der Waals surface area contributed by atoms with Gasteiger partial charge in [-0.1, -0.05) is 63.4 Å². The molecule has 2 heterocycles. The Balaban J connectivity index is 1.47. The highest BCUT2D eigenvalue weighted by atomic mass is 79.9. The summed E-state index contributed by atoms with van der Waals surface area (Å²) in [6.45, 7) is 3.49. The summed E-state index contributed by atoms with van der Waals surface area (Å²) in [5.74, 6) is 1.51. The van der Waals surface area contributed by atoms with Crippen LogP contribution in [-0.4, -0.2) is 17.4 Å². The third kappa shape index (κ3) is 3.95. The third-order valence-electron chi connectivity index (χ3n) is 5.59. The monoisotopic (exact) mass is 529 g/mol. The fourth-order valence-electron chi connectivity index (χ4n) is 4.00. The van der Waals surface area contributed by atoms with Crippen molar-refractivity contribution in [3.8, 4) is 11.5 Å². The van der Waals surface area contributed by atoms with E-state index in [-0.39, 0.29) is 5.78 Å². The van der Waals surface area contributed by atoms with Crippen molar-refractivity contribution in [3.05, 3.63) is 96.6 Å². The van der Waals surface area contributed by atoms with Gasteiger partial charge in [0.2, 0.25) is 5.78 Å². The van der Waals surface area contributed by atoms with Crippen LogP contribution in [0, 0.1) is 6.92 Å². The summed E-state index contributed by atoms with van der Waals surface area (Å²) in [6, 6.07) is 15.1. The fraction of sp³-hybridized carbons (Fsp3) is 0.160. The molecular weight excluding hydrogens is 513 g/mol. The zero-order valence-corrected chi connectivity index (χ0v) is 20.2. The number of nitrogens with zero attached hydrogens (tertiary/aromatic N) is 1. The van der Waals surface area contributed by atoms with Crippen molar-refractivity contribution >= 4 is 51.0 Å². The number of hydrogen-bond donors (Lipinski definition) is 0. The van der Waals surface area contributed by atoms with Gasteiger partial charge in [-0.3, -0.25) is 9.69 Å². The summed E-state index contributed by atoms with van der Waals surface area (Å²) >= 11 is 15.9. The summed E-state index contributed by atoms with van der Waals surface area (Å²) < 4.78 is 13.1. The van der Waals surface area contributed by atoms with Crippen molar-refractivity contribution in [2.45, 2.75) is 20.0 Å². The Kier molecular flexibility index (Phi) is 5.76. The first-order chi connectivity index (χ1) is 15.4. The molecule has 32 heavy (non-hydrogen) atoms. The first-order valence-electron chi connectivity index (χ1n) is 10.0. The Morgan fingerprint density at radius 2 is 1.97 bits per heavy atom. The van der Waals surface area contributed by atoms with E-state index in [0.29, 0.717) is 46.9 Å². The summed E-state index contributed by atoms with van der Waals surface area (Å²) in [7, 11) is 0. The molecule has 0 unspecified atom stereocenters. The number of allylic oxidation sites excluding steroid dienone is 1. The largest absolute Gasteiger partial charge is 0.478 e. The van der Waals surface area contributed by atoms with Crippen LogP contribution in [0.15, 0.2) is 58.8 Å². The second kappa shape index (κ2) is 8.56. The normalized spacial score (nSPS) is 16.5. The van der Waals surface area contributed by atoms with E-state index >= 15 is 0 Å². The van der Waals surface area contributed by atoms with Gasteiger partial charge in [0.25, 0.3) is 0 Å². The SMILES string of the molecule is Cc1cc2c(c3c1C(=O)/C(=C/c1ccccc1Br)O3)CN(Cc1ccc(Cl)cc1Cl)CO2. The van der Waals surface area contributed by atoms with Crippen LogP contribution in [0.5, 0.6) is 11.5 Å². The molecule has 5 rings (SSSR count). The number of carbonyl (C=O) groups excluding carboxylic acids is 1. The summed E-state index contributed by atoms with van der Waals surface area (Å²) in [4.78, 5) is 15.3. The van der Waals surface area contributed by atoms with Crippen LogP contribution in [-0.2, 0) is 13.1 Å². The maximum Gasteiger partial charge on any atom is 0.232 e. The highest BCUT2D eigenvalue weighted by Gasteiger charge is 2.35. The lowest BCUT2D eigenvalue weighted by Crippen LogP contribution is -2.32. The van der Waals surface area contributed by atoms with Crippen molar-refractivity contribution in [1.82, 2.24) is 4.90 Å². The molecule has 2 aliphatic heterocycles. The van der Waals surface area contributed by atoms with Gasteiger partial charge in [-0.25, -0.2) is 0 Å². The van der Waals surface area contributed by atoms with Crippen LogP contribution in [0.4, 0.5) is 0 Å². The molecule has 3 aromatic carbocycles. The van der Waals surface area contributed by atoms with Crippen molar-refractivity contribution in [2.75, 3.05) is 6.73 Å². The molecule has 0 amide bonds. The lowest BCUT2D eigenvalue weighted by molar-refractivity contribution is 0.0872. The molecule has 0 atom stereocenters. The van der Waals surface area contributed by atoms with E-state index in [0.717, 1.165) is 32.5 Å². The summed E-state index contributed by atoms with van der Waals surface area (Å²) in [5, 5.41) is 1.21. The first-order valence-corrected chi connectivity index (χ1v) is 11.6. The van der Waals surface area contributed by atoms with Crippen LogP contribution in [0.25, 0.3) is 6.08 Å². The molecule has 162 valence electrons. The molecule has 0 radical (unpaired) electrons. The maximum atomic E-state index is 13.2. The van der Waals surface area contributed by atoms with E-state index < -0.39 is 0 Å². The minimum atomic E-state index is -0.117. The highest BCUT2D eigenvalue weighted by Crippen LogP contribution is 2.44. The molecule has 0 bridgehead atoms. The second-order valence-electron chi connectivity index (χ2n) is 7.83. The molecule has 0 N–H and O–H groups in total. The van der Waals surface area contributed by atoms with E-state index in [2.05, 4.69) is 20.8 Å². The van der Waals surface area contributed by atoms with Gasteiger partial charge in [0.15, 0.2) is 5.76 Å². The maximum absolute atomic E-state index is 13.2. The van der Waals surface area contributed by atoms with Gasteiger partial charge in [-0.2, -0.15) is 0 Å². The predicted molar refractivity (Wildman–Crippen MR) is 129 cm³/mol. The van der Waals surface area contributed by atoms with Crippen molar-refractivity contribution in [1.29, 1.82) is 0 Å². The number of carbonyl (C=O) groups is 1. The number of ketones is 1. The van der Waals surface area contributed by atoms with Gasteiger partial charge in [-0.05, 0) is 54.0 Å². The van der Waals surface area contributed by atoms with Crippen LogP contribution < -0.4 is 9.47 Å². The fourth-order valence-corrected chi connectivity index (χ4v) is 4.87. The number of aryl methyl sites for hydroxylation is 1. The predicted octanol–water partition coefficient (Wildman–Crippen LogP) is 7.03. The molecule has 3 aromatic rings. The van der Waals surface area contributed by atoms with Gasteiger partial charge in [0.1, 0.15) is 18.2 Å². The number of ether oxygens (including phenoxy) is 2. The zero-order valence-electron chi connectivity index (χ0n) is 17.1. The Morgan fingerprint density at radius 1 is 1.16 bits per heavy atom. The van der Waals surface area contributed by atoms with E-state index in [9.17, 15) is 4.79 Å². The van der Waals surface area contributed by atoms with Gasteiger partial charge in [-0.15, -0.1) is 0 Å². The molecule has 2 aliphatic rings. The number of fused-ring (bicyclic) bond motifs is 3. The highest BCUT2D eigenvalue weighted by molar-refractivity contribution is 9.10. The van der Waals surface area contributed by atoms with Gasteiger partial charge in [0, 0.05) is 27.6 Å². The Hall–Kier alpha value is -2.31. The second-order valence-corrected chi connectivity index (χ2v) is 9.53. The summed E-state index contributed by atoms with van der Waals surface area (Å²) in [5.41, 5.74) is 4.14. The Morgan fingerprint density at radius 3 is 2.75 bits per heavy atom. The lowest BCUT2D eigenvalue weighted by atomic mass is 9.98. The lowest BCUT2D eigenvalue weighted by Gasteiger charge is -2.30. The number of halogens is 3. The van der Waals surface area contributed by atoms with Gasteiger partial charge in [0.05, 0.1) is 11.1 Å². The molecule has 0 saturated heterocycles. The smallest absolute Gasteiger partial charge is 0.232 e. The molecule has 0 fully saturated rings. The minimum Gasteiger partial charge on any atom is -0.478 e. The van der Waals surface area contributed by atoms with Crippen LogP contribution in [0.2, 0.25) is 10.0 Å². The average molecular weight is 531 g/mol. The third-order valence-corrected chi connectivity index (χ3v) is 6.90. The molecule has 0 aromatic heterocycles. The number of rotatable bonds is 3. The average Bonchev–Trinajstić information content (AvgIpc) is 3.09. The molecule has 0 aliphatic carbocycles. The zero-order chi connectivity index (χ0) is 22.4. The topological polar surface area (TPSA) is 38.8 Å². The minimum absolute atomic E-state index is 0.117. The Labute approximate surface area is 204 Å². The van der Waals surface area contributed by atoms with Gasteiger partial charge >= 0.3 is 0 Å². The number of hydrogen-bond acceptors (Lipinski definition) is 4. The number of benzene rings is 3.